The Morgan fingerprint density at radius 1 is 1.46 bits per heavy atom. The number of ether oxygens (including phenoxy) is 1. The second kappa shape index (κ2) is 3.21. The molecule has 0 radical (unpaired) electrons. The molecule has 0 aromatic carbocycles. The van der Waals surface area contributed by atoms with Gasteiger partial charge in [0.2, 0.25) is 0 Å². The van der Waals surface area contributed by atoms with E-state index in [0.29, 0.717) is 0 Å². The lowest BCUT2D eigenvalue weighted by Crippen LogP contribution is -2.36. The molecule has 1 fully saturated rings. The van der Waals surface area contributed by atoms with Crippen LogP contribution in [0.4, 0.5) is 0 Å². The number of nitrogens with zero attached hydrogens (tertiary/aromatic N) is 1. The maximum atomic E-state index is 11.6. The molecule has 1 aliphatic heterocycles. The van der Waals surface area contributed by atoms with Crippen LogP contribution in [0, 0.1) is 17.2 Å². The van der Waals surface area contributed by atoms with Crippen LogP contribution in [0.15, 0.2) is 11.8 Å². The summed E-state index contributed by atoms with van der Waals surface area (Å²) in [5, 5.41) is 8.63. The van der Waals surface area contributed by atoms with Gasteiger partial charge in [-0.2, -0.15) is 5.26 Å². The summed E-state index contributed by atoms with van der Waals surface area (Å²) in [6.07, 6.45) is 5.40. The SMILES string of the molecule is N#CC1=COC2CCCCC2C1=O. The first-order chi connectivity index (χ1) is 6.33. The van der Waals surface area contributed by atoms with E-state index in [4.69, 9.17) is 10.00 Å². The molecule has 2 atom stereocenters. The van der Waals surface area contributed by atoms with E-state index in [9.17, 15) is 4.79 Å². The standard InChI is InChI=1S/C10H11NO2/c11-5-7-6-13-9-4-2-1-3-8(9)10(7)12/h6,8-9H,1-4H2. The summed E-state index contributed by atoms with van der Waals surface area (Å²) in [5.41, 5.74) is 0.183. The molecule has 0 bridgehead atoms. The number of allylic oxidation sites excluding steroid dienone is 1. The van der Waals surface area contributed by atoms with Crippen molar-refractivity contribution in [2.24, 2.45) is 5.92 Å². The van der Waals surface area contributed by atoms with Crippen molar-refractivity contribution in [1.29, 1.82) is 5.26 Å². The van der Waals surface area contributed by atoms with Gasteiger partial charge in [0.1, 0.15) is 24.0 Å². The lowest BCUT2D eigenvalue weighted by Gasteiger charge is -2.32. The number of carbonyl (C=O) groups is 1. The van der Waals surface area contributed by atoms with Gasteiger partial charge in [0.25, 0.3) is 0 Å². The number of Topliss-reactive ketones (excluding diaryl/α,β-unsaturated/α-hetero) is 1. The first-order valence-electron chi connectivity index (χ1n) is 4.63. The van der Waals surface area contributed by atoms with Crippen LogP contribution in [0.25, 0.3) is 0 Å². The topological polar surface area (TPSA) is 50.1 Å². The van der Waals surface area contributed by atoms with Gasteiger partial charge in [-0.15, -0.1) is 0 Å². The van der Waals surface area contributed by atoms with Crippen molar-refractivity contribution < 1.29 is 9.53 Å². The zero-order valence-corrected chi connectivity index (χ0v) is 7.32. The Hall–Kier alpha value is -1.30. The number of fused-ring (bicyclic) bond motifs is 1. The molecule has 1 heterocycles. The Morgan fingerprint density at radius 2 is 2.23 bits per heavy atom. The molecule has 68 valence electrons. The summed E-state index contributed by atoms with van der Waals surface area (Å²) >= 11 is 0. The second-order valence-electron chi connectivity index (χ2n) is 3.57. The Morgan fingerprint density at radius 3 is 3.00 bits per heavy atom. The van der Waals surface area contributed by atoms with Gasteiger partial charge in [-0.25, -0.2) is 0 Å². The smallest absolute Gasteiger partial charge is 0.183 e. The normalized spacial score (nSPS) is 32.5. The lowest BCUT2D eigenvalue weighted by atomic mass is 9.80. The number of hydrogen-bond donors (Lipinski definition) is 0. The average Bonchev–Trinajstić information content (AvgIpc) is 2.19. The molecule has 1 saturated carbocycles. The van der Waals surface area contributed by atoms with Gasteiger partial charge in [-0.1, -0.05) is 6.42 Å². The van der Waals surface area contributed by atoms with Gasteiger partial charge in [0.05, 0.1) is 5.92 Å². The van der Waals surface area contributed by atoms with E-state index < -0.39 is 0 Å². The van der Waals surface area contributed by atoms with Gasteiger partial charge in [-0.05, 0) is 19.3 Å². The Labute approximate surface area is 77.0 Å². The highest BCUT2D eigenvalue weighted by Gasteiger charge is 2.36. The number of rotatable bonds is 0. The van der Waals surface area contributed by atoms with Crippen molar-refractivity contribution in [2.75, 3.05) is 0 Å². The first-order valence-corrected chi connectivity index (χ1v) is 4.63. The fraction of sp³-hybridized carbons (Fsp3) is 0.600. The monoisotopic (exact) mass is 177 g/mol. The van der Waals surface area contributed by atoms with Crippen molar-refractivity contribution >= 4 is 5.78 Å². The van der Waals surface area contributed by atoms with Crippen LogP contribution in [0.2, 0.25) is 0 Å². The molecule has 2 rings (SSSR count). The summed E-state index contributed by atoms with van der Waals surface area (Å²) in [7, 11) is 0. The molecule has 2 aliphatic rings. The van der Waals surface area contributed by atoms with E-state index in [1.165, 1.54) is 6.26 Å². The average molecular weight is 177 g/mol. The van der Waals surface area contributed by atoms with Gasteiger partial charge in [-0.3, -0.25) is 4.79 Å². The zero-order chi connectivity index (χ0) is 9.26. The van der Waals surface area contributed by atoms with Crippen LogP contribution >= 0.6 is 0 Å². The molecule has 0 saturated heterocycles. The highest BCUT2D eigenvalue weighted by molar-refractivity contribution is 6.01. The molecule has 0 amide bonds. The van der Waals surface area contributed by atoms with Gasteiger partial charge >= 0.3 is 0 Å². The number of carbonyl (C=O) groups excluding carboxylic acids is 1. The van der Waals surface area contributed by atoms with Gasteiger partial charge in [0, 0.05) is 0 Å². The Bertz CT molecular complexity index is 301. The van der Waals surface area contributed by atoms with Crippen molar-refractivity contribution in [2.45, 2.75) is 31.8 Å². The third-order valence-electron chi connectivity index (χ3n) is 2.79. The summed E-state index contributed by atoms with van der Waals surface area (Å²) in [5.74, 6) is -0.0631. The van der Waals surface area contributed by atoms with Crippen LogP contribution in [0.3, 0.4) is 0 Å². The number of ketones is 1. The van der Waals surface area contributed by atoms with Crippen LogP contribution in [0.5, 0.6) is 0 Å². The predicted molar refractivity (Wildman–Crippen MR) is 45.5 cm³/mol. The summed E-state index contributed by atoms with van der Waals surface area (Å²) in [4.78, 5) is 11.6. The van der Waals surface area contributed by atoms with E-state index in [0.717, 1.165) is 25.7 Å². The van der Waals surface area contributed by atoms with E-state index in [-0.39, 0.29) is 23.4 Å². The molecule has 1 aliphatic carbocycles. The molecular formula is C10H11NO2. The highest BCUT2D eigenvalue weighted by Crippen LogP contribution is 2.32. The van der Waals surface area contributed by atoms with Crippen LogP contribution in [-0.2, 0) is 9.53 Å². The minimum Gasteiger partial charge on any atom is -0.496 e. The first kappa shape index (κ1) is 8.31. The van der Waals surface area contributed by atoms with Crippen molar-refractivity contribution in [3.63, 3.8) is 0 Å². The number of hydrogen-bond acceptors (Lipinski definition) is 3. The molecule has 13 heavy (non-hydrogen) atoms. The van der Waals surface area contributed by atoms with Crippen molar-refractivity contribution in [3.8, 4) is 6.07 Å². The van der Waals surface area contributed by atoms with Crippen molar-refractivity contribution in [3.05, 3.63) is 11.8 Å². The Balaban J connectivity index is 2.22. The largest absolute Gasteiger partial charge is 0.496 e. The molecular weight excluding hydrogens is 166 g/mol. The molecule has 0 aromatic rings. The molecule has 0 spiro atoms. The minimum atomic E-state index is -0.0478. The van der Waals surface area contributed by atoms with Crippen LogP contribution in [-0.4, -0.2) is 11.9 Å². The Kier molecular flexibility index (Phi) is 2.05. The van der Waals surface area contributed by atoms with Gasteiger partial charge in [0.15, 0.2) is 5.78 Å². The second-order valence-corrected chi connectivity index (χ2v) is 3.57. The van der Waals surface area contributed by atoms with Crippen LogP contribution in [0.1, 0.15) is 25.7 Å². The maximum absolute atomic E-state index is 11.6. The summed E-state index contributed by atoms with van der Waals surface area (Å²) < 4.78 is 5.35. The van der Waals surface area contributed by atoms with E-state index in [1.54, 1.807) is 0 Å². The minimum absolute atomic E-state index is 0.0153. The summed E-state index contributed by atoms with van der Waals surface area (Å²) in [6.45, 7) is 0. The van der Waals surface area contributed by atoms with Gasteiger partial charge < -0.3 is 4.74 Å². The number of nitriles is 1. The van der Waals surface area contributed by atoms with Crippen molar-refractivity contribution in [1.82, 2.24) is 0 Å². The summed E-state index contributed by atoms with van der Waals surface area (Å²) in [6, 6.07) is 1.87. The molecule has 3 nitrogen and oxygen atoms in total. The van der Waals surface area contributed by atoms with Crippen LogP contribution < -0.4 is 0 Å². The van der Waals surface area contributed by atoms with E-state index >= 15 is 0 Å². The lowest BCUT2D eigenvalue weighted by molar-refractivity contribution is -0.126. The molecule has 0 N–H and O–H groups in total. The third kappa shape index (κ3) is 1.33. The third-order valence-corrected chi connectivity index (χ3v) is 2.79. The molecule has 2 unspecified atom stereocenters. The quantitative estimate of drug-likeness (QED) is 0.564. The van der Waals surface area contributed by atoms with E-state index in [1.807, 2.05) is 6.07 Å². The fourth-order valence-electron chi connectivity index (χ4n) is 2.05. The zero-order valence-electron chi connectivity index (χ0n) is 7.32. The molecule has 3 heteroatoms. The molecule has 0 aromatic heterocycles. The highest BCUT2D eigenvalue weighted by atomic mass is 16.5. The predicted octanol–water partition coefficient (Wildman–Crippen LogP) is 1.55. The van der Waals surface area contributed by atoms with E-state index in [2.05, 4.69) is 0 Å². The fourth-order valence-corrected chi connectivity index (χ4v) is 2.05. The maximum Gasteiger partial charge on any atom is 0.183 e.